The molecule has 2 aromatic carbocycles. The molecule has 0 aliphatic heterocycles. The lowest BCUT2D eigenvalue weighted by Gasteiger charge is -2.14. The molecule has 0 atom stereocenters. The molecule has 0 saturated heterocycles. The summed E-state index contributed by atoms with van der Waals surface area (Å²) < 4.78 is 54.4. The van der Waals surface area contributed by atoms with E-state index in [1.54, 1.807) is 26.0 Å². The first-order valence-corrected chi connectivity index (χ1v) is 6.44. The number of ketones is 1. The van der Waals surface area contributed by atoms with Crippen molar-refractivity contribution >= 4 is 17.2 Å². The quantitative estimate of drug-likeness (QED) is 0.381. The number of rotatable bonds is 3. The van der Waals surface area contributed by atoms with E-state index < -0.39 is 40.3 Å². The van der Waals surface area contributed by atoms with E-state index >= 15 is 0 Å². The monoisotopic (exact) mass is 311 g/mol. The molecule has 0 bridgehead atoms. The van der Waals surface area contributed by atoms with Gasteiger partial charge in [-0.25, -0.2) is 17.6 Å². The second-order valence-electron chi connectivity index (χ2n) is 5.06. The van der Waals surface area contributed by atoms with Crippen LogP contribution in [0.15, 0.2) is 18.2 Å². The first-order valence-electron chi connectivity index (χ1n) is 6.44. The third-order valence-corrected chi connectivity index (χ3v) is 3.11. The average Bonchev–Trinajstić information content (AvgIpc) is 2.41. The van der Waals surface area contributed by atoms with Crippen LogP contribution in [0.25, 0.3) is 0 Å². The van der Waals surface area contributed by atoms with Crippen molar-refractivity contribution in [2.75, 3.05) is 5.32 Å². The number of Topliss-reactive ketones (excluding diaryl/α,β-unsaturated/α-hetero) is 1. The van der Waals surface area contributed by atoms with Crippen molar-refractivity contribution in [1.82, 2.24) is 0 Å². The van der Waals surface area contributed by atoms with Gasteiger partial charge in [0.05, 0.1) is 11.3 Å². The standard InChI is InChI=1S/C16H13F4NO/c1-7-4-8(2)6-10(5-7)21-16-11(9(3)22)12(17)13(18)14(19)15(16)20/h4-6,21H,1-3H3. The highest BCUT2D eigenvalue weighted by atomic mass is 19.2. The Bertz CT molecular complexity index is 751. The Morgan fingerprint density at radius 3 is 1.86 bits per heavy atom. The fourth-order valence-electron chi connectivity index (χ4n) is 2.27. The number of carbonyl (C=O) groups is 1. The lowest BCUT2D eigenvalue weighted by atomic mass is 10.1. The minimum Gasteiger partial charge on any atom is -0.352 e. The fraction of sp³-hybridized carbons (Fsp3) is 0.188. The van der Waals surface area contributed by atoms with E-state index in [4.69, 9.17) is 0 Å². The molecule has 0 amide bonds. The van der Waals surface area contributed by atoms with E-state index in [-0.39, 0.29) is 0 Å². The third kappa shape index (κ3) is 2.81. The van der Waals surface area contributed by atoms with Crippen LogP contribution < -0.4 is 5.32 Å². The summed E-state index contributed by atoms with van der Waals surface area (Å²) >= 11 is 0. The van der Waals surface area contributed by atoms with Crippen LogP contribution in [-0.4, -0.2) is 5.78 Å². The molecule has 0 unspecified atom stereocenters. The molecule has 22 heavy (non-hydrogen) atoms. The van der Waals surface area contributed by atoms with Crippen molar-refractivity contribution in [2.45, 2.75) is 20.8 Å². The smallest absolute Gasteiger partial charge is 0.199 e. The Morgan fingerprint density at radius 1 is 0.864 bits per heavy atom. The maximum Gasteiger partial charge on any atom is 0.199 e. The van der Waals surface area contributed by atoms with Crippen LogP contribution >= 0.6 is 0 Å². The van der Waals surface area contributed by atoms with Crippen LogP contribution in [0.2, 0.25) is 0 Å². The van der Waals surface area contributed by atoms with Crippen LogP contribution in [0.1, 0.15) is 28.4 Å². The highest BCUT2D eigenvalue weighted by Gasteiger charge is 2.27. The normalized spacial score (nSPS) is 10.7. The summed E-state index contributed by atoms with van der Waals surface area (Å²) in [5, 5.41) is 2.47. The summed E-state index contributed by atoms with van der Waals surface area (Å²) in [4.78, 5) is 11.5. The van der Waals surface area contributed by atoms with Gasteiger partial charge in [-0.2, -0.15) is 0 Å². The van der Waals surface area contributed by atoms with Crippen molar-refractivity contribution in [3.63, 3.8) is 0 Å². The summed E-state index contributed by atoms with van der Waals surface area (Å²) in [5.74, 6) is -8.23. The summed E-state index contributed by atoms with van der Waals surface area (Å²) in [6.45, 7) is 4.51. The van der Waals surface area contributed by atoms with Crippen molar-refractivity contribution < 1.29 is 22.4 Å². The zero-order valence-corrected chi connectivity index (χ0v) is 12.2. The molecule has 116 valence electrons. The van der Waals surface area contributed by atoms with E-state index in [0.717, 1.165) is 18.1 Å². The first-order chi connectivity index (χ1) is 10.2. The Hall–Kier alpha value is -2.37. The maximum atomic E-state index is 14.0. The Kier molecular flexibility index (Phi) is 4.21. The van der Waals surface area contributed by atoms with Gasteiger partial charge in [-0.1, -0.05) is 6.07 Å². The highest BCUT2D eigenvalue weighted by Crippen LogP contribution is 2.31. The second kappa shape index (κ2) is 5.79. The minimum absolute atomic E-state index is 0.337. The number of hydrogen-bond acceptors (Lipinski definition) is 2. The summed E-state index contributed by atoms with van der Waals surface area (Å²) in [7, 11) is 0. The third-order valence-electron chi connectivity index (χ3n) is 3.11. The lowest BCUT2D eigenvalue weighted by Crippen LogP contribution is -2.11. The van der Waals surface area contributed by atoms with Crippen LogP contribution in [0, 0.1) is 37.1 Å². The highest BCUT2D eigenvalue weighted by molar-refractivity contribution is 6.00. The van der Waals surface area contributed by atoms with E-state index in [2.05, 4.69) is 5.32 Å². The van der Waals surface area contributed by atoms with Crippen LogP contribution in [-0.2, 0) is 0 Å². The largest absolute Gasteiger partial charge is 0.352 e. The van der Waals surface area contributed by atoms with E-state index in [9.17, 15) is 22.4 Å². The van der Waals surface area contributed by atoms with Crippen molar-refractivity contribution in [3.05, 3.63) is 58.2 Å². The van der Waals surface area contributed by atoms with Gasteiger partial charge in [0.1, 0.15) is 0 Å². The molecule has 0 fully saturated rings. The molecule has 0 saturated carbocycles. The first kappa shape index (κ1) is 16.0. The molecule has 0 heterocycles. The fourth-order valence-corrected chi connectivity index (χ4v) is 2.27. The van der Waals surface area contributed by atoms with Gasteiger partial charge >= 0.3 is 0 Å². The van der Waals surface area contributed by atoms with Crippen molar-refractivity contribution in [1.29, 1.82) is 0 Å². The van der Waals surface area contributed by atoms with E-state index in [1.165, 1.54) is 0 Å². The number of halogens is 4. The molecule has 6 heteroatoms. The second-order valence-corrected chi connectivity index (χ2v) is 5.06. The molecule has 2 aromatic rings. The molecular weight excluding hydrogens is 298 g/mol. The summed E-state index contributed by atoms with van der Waals surface area (Å²) in [5.41, 5.74) is 0.430. The van der Waals surface area contributed by atoms with Gasteiger partial charge in [-0.3, -0.25) is 4.79 Å². The molecule has 0 aliphatic rings. The van der Waals surface area contributed by atoms with Gasteiger partial charge < -0.3 is 5.32 Å². The molecular formula is C16H13F4NO. The van der Waals surface area contributed by atoms with Crippen LogP contribution in [0.4, 0.5) is 28.9 Å². The van der Waals surface area contributed by atoms with Gasteiger partial charge in [0.25, 0.3) is 0 Å². The van der Waals surface area contributed by atoms with Gasteiger partial charge in [-0.05, 0) is 44.0 Å². The van der Waals surface area contributed by atoms with Crippen molar-refractivity contribution in [2.24, 2.45) is 0 Å². The zero-order valence-electron chi connectivity index (χ0n) is 12.2. The minimum atomic E-state index is -2.01. The van der Waals surface area contributed by atoms with Gasteiger partial charge in [0.15, 0.2) is 29.1 Å². The molecule has 0 aromatic heterocycles. The van der Waals surface area contributed by atoms with Gasteiger partial charge in [-0.15, -0.1) is 0 Å². The maximum absolute atomic E-state index is 14.0. The number of hydrogen-bond donors (Lipinski definition) is 1. The summed E-state index contributed by atoms with van der Waals surface area (Å²) in [6, 6.07) is 5.06. The topological polar surface area (TPSA) is 29.1 Å². The SMILES string of the molecule is CC(=O)c1c(F)c(F)c(F)c(F)c1Nc1cc(C)cc(C)c1. The Morgan fingerprint density at radius 2 is 1.36 bits per heavy atom. The molecule has 0 spiro atoms. The summed E-state index contributed by atoms with van der Waals surface area (Å²) in [6.07, 6.45) is 0. The molecule has 2 nitrogen and oxygen atoms in total. The van der Waals surface area contributed by atoms with Crippen molar-refractivity contribution in [3.8, 4) is 0 Å². The van der Waals surface area contributed by atoms with Crippen LogP contribution in [0.3, 0.4) is 0 Å². The zero-order chi connectivity index (χ0) is 16.6. The molecule has 0 aliphatic carbocycles. The van der Waals surface area contributed by atoms with Gasteiger partial charge in [0, 0.05) is 5.69 Å². The number of carbonyl (C=O) groups excluding carboxylic acids is 1. The average molecular weight is 311 g/mol. The number of aryl methyl sites for hydroxylation is 2. The van der Waals surface area contributed by atoms with E-state index in [1.807, 2.05) is 6.07 Å². The Balaban J connectivity index is 2.66. The molecule has 1 N–H and O–H groups in total. The van der Waals surface area contributed by atoms with E-state index in [0.29, 0.717) is 5.69 Å². The van der Waals surface area contributed by atoms with Gasteiger partial charge in [0.2, 0.25) is 0 Å². The number of anilines is 2. The molecule has 0 radical (unpaired) electrons. The van der Waals surface area contributed by atoms with Crippen LogP contribution in [0.5, 0.6) is 0 Å². The predicted octanol–water partition coefficient (Wildman–Crippen LogP) is 4.81. The number of nitrogens with one attached hydrogen (secondary N) is 1. The Labute approximate surface area is 124 Å². The lowest BCUT2D eigenvalue weighted by molar-refractivity contribution is 0.101. The molecule has 2 rings (SSSR count). The number of benzene rings is 2. The predicted molar refractivity (Wildman–Crippen MR) is 75.5 cm³/mol.